The molecule has 0 aromatic heterocycles. The number of carboxylic acids is 1. The van der Waals surface area contributed by atoms with Crippen molar-refractivity contribution in [1.29, 1.82) is 0 Å². The van der Waals surface area contributed by atoms with E-state index in [0.29, 0.717) is 31.5 Å². The molecule has 0 fully saturated rings. The van der Waals surface area contributed by atoms with Crippen LogP contribution in [0.4, 0.5) is 4.39 Å². The fourth-order valence-corrected chi connectivity index (χ4v) is 2.01. The average Bonchev–Trinajstić information content (AvgIpc) is 2.44. The molecule has 1 rings (SSSR count). The third kappa shape index (κ3) is 3.69. The minimum Gasteiger partial charge on any atom is -0.480 e. The van der Waals surface area contributed by atoms with Crippen LogP contribution in [0, 0.1) is 5.82 Å². The number of hydrogen-bond acceptors (Lipinski definition) is 3. The SMILES string of the molecule is CCC(NCCCN=[N+]=[N-])(C(=O)O)c1ccc(F)cc1. The number of carbonyl (C=O) groups is 1. The van der Waals surface area contributed by atoms with E-state index in [-0.39, 0.29) is 0 Å². The van der Waals surface area contributed by atoms with Crippen molar-refractivity contribution in [2.45, 2.75) is 25.3 Å². The molecule has 1 unspecified atom stereocenters. The lowest BCUT2D eigenvalue weighted by Gasteiger charge is -2.30. The van der Waals surface area contributed by atoms with E-state index in [2.05, 4.69) is 15.3 Å². The van der Waals surface area contributed by atoms with Gasteiger partial charge in [0.15, 0.2) is 0 Å². The molecule has 0 saturated carbocycles. The van der Waals surface area contributed by atoms with Gasteiger partial charge < -0.3 is 5.11 Å². The van der Waals surface area contributed by atoms with Crippen molar-refractivity contribution in [2.24, 2.45) is 5.11 Å². The van der Waals surface area contributed by atoms with Crippen molar-refractivity contribution in [2.75, 3.05) is 13.1 Å². The Balaban J connectivity index is 2.88. The molecule has 1 aromatic rings. The predicted octanol–water partition coefficient (Wildman–Crippen LogP) is 2.81. The van der Waals surface area contributed by atoms with E-state index in [1.54, 1.807) is 6.92 Å². The lowest BCUT2D eigenvalue weighted by Crippen LogP contribution is -2.49. The van der Waals surface area contributed by atoms with Crippen LogP contribution in [0.5, 0.6) is 0 Å². The number of benzene rings is 1. The maximum atomic E-state index is 13.0. The summed E-state index contributed by atoms with van der Waals surface area (Å²) in [5, 5.41) is 15.9. The van der Waals surface area contributed by atoms with Gasteiger partial charge in [-0.15, -0.1) is 0 Å². The zero-order valence-electron chi connectivity index (χ0n) is 11.2. The summed E-state index contributed by atoms with van der Waals surface area (Å²) in [5.41, 5.74) is 7.41. The minimum atomic E-state index is -1.26. The predicted molar refractivity (Wildman–Crippen MR) is 72.6 cm³/mol. The molecule has 1 aromatic carbocycles. The molecule has 0 aliphatic heterocycles. The Kier molecular flexibility index (Phi) is 5.96. The van der Waals surface area contributed by atoms with E-state index >= 15 is 0 Å². The standard InChI is InChI=1S/C13H17FN4O2/c1-2-13(12(19)20,16-8-3-9-17-18-15)10-4-6-11(14)7-5-10/h4-7,16H,2-3,8-9H2,1H3,(H,19,20). The normalized spacial score (nSPS) is 13.3. The third-order valence-corrected chi connectivity index (χ3v) is 3.16. The topological polar surface area (TPSA) is 98.1 Å². The zero-order chi connectivity index (χ0) is 15.0. The molecule has 0 bridgehead atoms. The van der Waals surface area contributed by atoms with Crippen molar-refractivity contribution in [3.63, 3.8) is 0 Å². The van der Waals surface area contributed by atoms with Crippen LogP contribution in [0.3, 0.4) is 0 Å². The highest BCUT2D eigenvalue weighted by molar-refractivity contribution is 5.80. The van der Waals surface area contributed by atoms with Crippen molar-refractivity contribution < 1.29 is 14.3 Å². The molecule has 0 heterocycles. The Bertz CT molecular complexity index is 500. The number of nitrogens with one attached hydrogen (secondary N) is 1. The van der Waals surface area contributed by atoms with Gasteiger partial charge in [0.2, 0.25) is 0 Å². The van der Waals surface area contributed by atoms with Gasteiger partial charge in [0.05, 0.1) is 0 Å². The third-order valence-electron chi connectivity index (χ3n) is 3.16. The molecule has 0 amide bonds. The number of hydrogen-bond donors (Lipinski definition) is 2. The number of azide groups is 1. The summed E-state index contributed by atoms with van der Waals surface area (Å²) >= 11 is 0. The lowest BCUT2D eigenvalue weighted by atomic mass is 9.87. The van der Waals surface area contributed by atoms with Crippen LogP contribution in [-0.2, 0) is 10.3 Å². The van der Waals surface area contributed by atoms with E-state index < -0.39 is 17.3 Å². The molecule has 0 radical (unpaired) electrons. The summed E-state index contributed by atoms with van der Waals surface area (Å²) in [7, 11) is 0. The van der Waals surface area contributed by atoms with Gasteiger partial charge in [-0.1, -0.05) is 24.2 Å². The summed E-state index contributed by atoms with van der Waals surface area (Å²) in [6, 6.07) is 5.41. The summed E-state index contributed by atoms with van der Waals surface area (Å²) in [6.45, 7) is 2.43. The van der Waals surface area contributed by atoms with Gasteiger partial charge in [-0.05, 0) is 42.6 Å². The molecule has 2 N–H and O–H groups in total. The highest BCUT2D eigenvalue weighted by Gasteiger charge is 2.37. The second kappa shape index (κ2) is 7.47. The van der Waals surface area contributed by atoms with E-state index in [4.69, 9.17) is 5.53 Å². The Hall–Kier alpha value is -2.11. The highest BCUT2D eigenvalue weighted by atomic mass is 19.1. The first-order valence-electron chi connectivity index (χ1n) is 6.32. The fraction of sp³-hybridized carbons (Fsp3) is 0.462. The number of aliphatic carboxylic acids is 1. The van der Waals surface area contributed by atoms with Crippen molar-refractivity contribution in [3.8, 4) is 0 Å². The molecule has 0 spiro atoms. The van der Waals surface area contributed by atoms with Gasteiger partial charge in [0.25, 0.3) is 0 Å². The molecule has 20 heavy (non-hydrogen) atoms. The molecule has 1 atom stereocenters. The quantitative estimate of drug-likeness (QED) is 0.331. The molecule has 0 aliphatic rings. The summed E-state index contributed by atoms with van der Waals surface area (Å²) in [4.78, 5) is 14.3. The van der Waals surface area contributed by atoms with E-state index in [1.165, 1.54) is 24.3 Å². The lowest BCUT2D eigenvalue weighted by molar-refractivity contribution is -0.145. The summed E-state index contributed by atoms with van der Waals surface area (Å²) in [6.07, 6.45) is 0.843. The van der Waals surface area contributed by atoms with Gasteiger partial charge in [0.1, 0.15) is 11.4 Å². The molecule has 7 heteroatoms. The van der Waals surface area contributed by atoms with Gasteiger partial charge in [-0.3, -0.25) is 5.32 Å². The molecule has 108 valence electrons. The first kappa shape index (κ1) is 15.9. The largest absolute Gasteiger partial charge is 0.480 e. The van der Waals surface area contributed by atoms with Crippen molar-refractivity contribution in [1.82, 2.24) is 5.32 Å². The number of rotatable bonds is 8. The second-order valence-corrected chi connectivity index (χ2v) is 4.31. The van der Waals surface area contributed by atoms with Crippen LogP contribution in [0.1, 0.15) is 25.3 Å². The Morgan fingerprint density at radius 2 is 2.15 bits per heavy atom. The van der Waals surface area contributed by atoms with Crippen molar-refractivity contribution >= 4 is 5.97 Å². The molecule has 0 saturated heterocycles. The van der Waals surface area contributed by atoms with Crippen LogP contribution in [0.25, 0.3) is 10.4 Å². The van der Waals surface area contributed by atoms with E-state index in [9.17, 15) is 14.3 Å². The van der Waals surface area contributed by atoms with Gasteiger partial charge in [-0.25, -0.2) is 9.18 Å². The van der Waals surface area contributed by atoms with Crippen molar-refractivity contribution in [3.05, 3.63) is 46.1 Å². The van der Waals surface area contributed by atoms with Gasteiger partial charge in [-0.2, -0.15) is 0 Å². The van der Waals surface area contributed by atoms with Crippen LogP contribution in [-0.4, -0.2) is 24.2 Å². The van der Waals surface area contributed by atoms with Crippen LogP contribution in [0.2, 0.25) is 0 Å². The van der Waals surface area contributed by atoms with E-state index in [0.717, 1.165) is 0 Å². The summed E-state index contributed by atoms with van der Waals surface area (Å²) < 4.78 is 13.0. The maximum absolute atomic E-state index is 13.0. The number of halogens is 1. The fourth-order valence-electron chi connectivity index (χ4n) is 2.01. The Morgan fingerprint density at radius 1 is 1.50 bits per heavy atom. The Labute approximate surface area is 116 Å². The second-order valence-electron chi connectivity index (χ2n) is 4.31. The zero-order valence-corrected chi connectivity index (χ0v) is 11.2. The first-order valence-corrected chi connectivity index (χ1v) is 6.32. The smallest absolute Gasteiger partial charge is 0.328 e. The van der Waals surface area contributed by atoms with E-state index in [1.807, 2.05) is 0 Å². The number of carboxylic acid groups (broad SMARTS) is 1. The molecular formula is C13H17FN4O2. The maximum Gasteiger partial charge on any atom is 0.328 e. The highest BCUT2D eigenvalue weighted by Crippen LogP contribution is 2.25. The van der Waals surface area contributed by atoms with Crippen LogP contribution >= 0.6 is 0 Å². The first-order chi connectivity index (χ1) is 9.56. The van der Waals surface area contributed by atoms with Crippen LogP contribution < -0.4 is 5.32 Å². The number of nitrogens with zero attached hydrogens (tertiary/aromatic N) is 3. The molecule has 6 nitrogen and oxygen atoms in total. The average molecular weight is 280 g/mol. The molecular weight excluding hydrogens is 263 g/mol. The monoisotopic (exact) mass is 280 g/mol. The van der Waals surface area contributed by atoms with Crippen LogP contribution in [0.15, 0.2) is 29.4 Å². The Morgan fingerprint density at radius 3 is 2.65 bits per heavy atom. The molecule has 0 aliphatic carbocycles. The van der Waals surface area contributed by atoms with Gasteiger partial charge in [0, 0.05) is 11.5 Å². The summed E-state index contributed by atoms with van der Waals surface area (Å²) in [5.74, 6) is -1.43. The minimum absolute atomic E-state index is 0.298. The van der Waals surface area contributed by atoms with Gasteiger partial charge >= 0.3 is 5.97 Å².